The van der Waals surface area contributed by atoms with Crippen LogP contribution in [-0.2, 0) is 20.9 Å². The SMILES string of the molecule is CC(=O)N[C@H]1[C@@H](OCc2ccc(-c3ccc(C)cn3)nc2)O[C@H](CO)[C@H](O)[C@@H]1O. The van der Waals surface area contributed by atoms with Crippen LogP contribution in [0.15, 0.2) is 36.7 Å². The fourth-order valence-electron chi connectivity index (χ4n) is 3.07. The molecule has 0 unspecified atom stereocenters. The smallest absolute Gasteiger partial charge is 0.217 e. The number of rotatable bonds is 6. The molecule has 0 radical (unpaired) electrons. The summed E-state index contributed by atoms with van der Waals surface area (Å²) in [4.78, 5) is 20.2. The van der Waals surface area contributed by atoms with Crippen LogP contribution in [0.1, 0.15) is 18.1 Å². The summed E-state index contributed by atoms with van der Waals surface area (Å²) in [7, 11) is 0. The highest BCUT2D eigenvalue weighted by Crippen LogP contribution is 2.23. The molecule has 0 aromatic carbocycles. The molecule has 1 aliphatic rings. The van der Waals surface area contributed by atoms with Gasteiger partial charge in [0.2, 0.25) is 5.91 Å². The summed E-state index contributed by atoms with van der Waals surface area (Å²) in [5.74, 6) is -0.405. The second kappa shape index (κ2) is 9.38. The maximum absolute atomic E-state index is 11.4. The van der Waals surface area contributed by atoms with Gasteiger partial charge in [0.1, 0.15) is 24.4 Å². The van der Waals surface area contributed by atoms with Gasteiger partial charge < -0.3 is 30.1 Å². The maximum atomic E-state index is 11.4. The minimum atomic E-state index is -1.35. The lowest BCUT2D eigenvalue weighted by Gasteiger charge is -2.42. The molecule has 3 heterocycles. The van der Waals surface area contributed by atoms with Crippen LogP contribution >= 0.6 is 0 Å². The number of aliphatic hydroxyl groups is 3. The predicted octanol–water partition coefficient (Wildman–Crippen LogP) is -0.0877. The summed E-state index contributed by atoms with van der Waals surface area (Å²) in [6.45, 7) is 2.85. The molecule has 3 rings (SSSR count). The van der Waals surface area contributed by atoms with Crippen LogP contribution in [-0.4, -0.2) is 68.4 Å². The molecule has 29 heavy (non-hydrogen) atoms. The predicted molar refractivity (Wildman–Crippen MR) is 102 cm³/mol. The van der Waals surface area contributed by atoms with Crippen molar-refractivity contribution in [2.75, 3.05) is 6.61 Å². The first-order valence-electron chi connectivity index (χ1n) is 9.28. The molecular weight excluding hydrogens is 378 g/mol. The van der Waals surface area contributed by atoms with Crippen molar-refractivity contribution in [2.45, 2.75) is 51.1 Å². The minimum absolute atomic E-state index is 0.0936. The number of aliphatic hydroxyl groups excluding tert-OH is 3. The molecule has 9 nitrogen and oxygen atoms in total. The van der Waals surface area contributed by atoms with E-state index in [0.717, 1.165) is 22.5 Å². The maximum Gasteiger partial charge on any atom is 0.217 e. The number of pyridine rings is 2. The van der Waals surface area contributed by atoms with Crippen LogP contribution in [0.25, 0.3) is 11.4 Å². The van der Waals surface area contributed by atoms with Gasteiger partial charge in [-0.15, -0.1) is 0 Å². The number of nitrogens with one attached hydrogen (secondary N) is 1. The van der Waals surface area contributed by atoms with E-state index in [4.69, 9.17) is 9.47 Å². The zero-order valence-corrected chi connectivity index (χ0v) is 16.2. The zero-order valence-electron chi connectivity index (χ0n) is 16.2. The van der Waals surface area contributed by atoms with Gasteiger partial charge in [-0.05, 0) is 30.2 Å². The third-order valence-electron chi connectivity index (χ3n) is 4.66. The molecule has 0 saturated carbocycles. The zero-order chi connectivity index (χ0) is 21.0. The molecule has 9 heteroatoms. The molecule has 156 valence electrons. The van der Waals surface area contributed by atoms with Crippen LogP contribution in [0.2, 0.25) is 0 Å². The standard InChI is InChI=1S/C20H25N3O6/c1-11-3-5-14(21-7-11)15-6-4-13(8-22-15)10-28-20-17(23-12(2)25)19(27)18(26)16(9-24)29-20/h3-8,16-20,24,26-27H,9-10H2,1-2H3,(H,23,25)/t16-,17-,18+,19-,20+/m1/s1. The van der Waals surface area contributed by atoms with E-state index in [1.165, 1.54) is 6.92 Å². The quantitative estimate of drug-likeness (QED) is 0.526. The molecule has 0 spiro atoms. The normalized spacial score (nSPS) is 26.9. The molecule has 0 bridgehead atoms. The third-order valence-corrected chi connectivity index (χ3v) is 4.66. The molecule has 2 aromatic rings. The lowest BCUT2D eigenvalue weighted by molar-refractivity contribution is -0.273. The Morgan fingerprint density at radius 3 is 2.38 bits per heavy atom. The van der Waals surface area contributed by atoms with Gasteiger partial charge in [-0.3, -0.25) is 14.8 Å². The number of aryl methyl sites for hydroxylation is 1. The Balaban J connectivity index is 1.67. The van der Waals surface area contributed by atoms with E-state index in [9.17, 15) is 20.1 Å². The Morgan fingerprint density at radius 2 is 1.83 bits per heavy atom. The summed E-state index contributed by atoms with van der Waals surface area (Å²) < 4.78 is 11.3. The number of nitrogens with zero attached hydrogens (tertiary/aromatic N) is 2. The van der Waals surface area contributed by atoms with Gasteiger partial charge >= 0.3 is 0 Å². The fraction of sp³-hybridized carbons (Fsp3) is 0.450. The van der Waals surface area contributed by atoms with Crippen molar-refractivity contribution >= 4 is 5.91 Å². The molecule has 1 fully saturated rings. The van der Waals surface area contributed by atoms with Crippen LogP contribution in [0, 0.1) is 6.92 Å². The van der Waals surface area contributed by atoms with E-state index in [2.05, 4.69) is 15.3 Å². The van der Waals surface area contributed by atoms with Crippen LogP contribution in [0.4, 0.5) is 0 Å². The van der Waals surface area contributed by atoms with Crippen molar-refractivity contribution in [1.82, 2.24) is 15.3 Å². The number of amides is 1. The Hall–Kier alpha value is -2.43. The van der Waals surface area contributed by atoms with Gasteiger partial charge in [-0.25, -0.2) is 0 Å². The second-order valence-corrected chi connectivity index (χ2v) is 7.02. The molecular formula is C20H25N3O6. The average Bonchev–Trinajstić information content (AvgIpc) is 2.72. The number of carbonyl (C=O) groups excluding carboxylic acids is 1. The Morgan fingerprint density at radius 1 is 1.14 bits per heavy atom. The van der Waals surface area contributed by atoms with E-state index >= 15 is 0 Å². The topological polar surface area (TPSA) is 134 Å². The van der Waals surface area contributed by atoms with Gasteiger partial charge in [0.15, 0.2) is 6.29 Å². The first kappa shape index (κ1) is 21.3. The van der Waals surface area contributed by atoms with Crippen molar-refractivity contribution in [3.63, 3.8) is 0 Å². The highest BCUT2D eigenvalue weighted by Gasteiger charge is 2.45. The van der Waals surface area contributed by atoms with Gasteiger partial charge in [0.25, 0.3) is 0 Å². The van der Waals surface area contributed by atoms with Crippen molar-refractivity contribution < 1.29 is 29.6 Å². The summed E-state index contributed by atoms with van der Waals surface area (Å²) in [5.41, 5.74) is 3.28. The van der Waals surface area contributed by atoms with Crippen LogP contribution in [0.3, 0.4) is 0 Å². The van der Waals surface area contributed by atoms with E-state index in [1.54, 1.807) is 12.4 Å². The Bertz CT molecular complexity index is 814. The van der Waals surface area contributed by atoms with Crippen molar-refractivity contribution in [1.29, 1.82) is 0 Å². The highest BCUT2D eigenvalue weighted by molar-refractivity contribution is 5.73. The number of hydrogen-bond donors (Lipinski definition) is 4. The van der Waals surface area contributed by atoms with E-state index in [1.807, 2.05) is 31.2 Å². The summed E-state index contributed by atoms with van der Waals surface area (Å²) >= 11 is 0. The third kappa shape index (κ3) is 5.14. The summed E-state index contributed by atoms with van der Waals surface area (Å²) in [5, 5.41) is 32.2. The van der Waals surface area contributed by atoms with Gasteiger partial charge in [0, 0.05) is 19.3 Å². The van der Waals surface area contributed by atoms with Crippen molar-refractivity contribution in [3.8, 4) is 11.4 Å². The molecule has 4 N–H and O–H groups in total. The number of carbonyl (C=O) groups is 1. The lowest BCUT2D eigenvalue weighted by Crippen LogP contribution is -2.64. The fourth-order valence-corrected chi connectivity index (χ4v) is 3.07. The largest absolute Gasteiger partial charge is 0.394 e. The number of ether oxygens (including phenoxy) is 2. The van der Waals surface area contributed by atoms with Crippen LogP contribution < -0.4 is 5.32 Å². The van der Waals surface area contributed by atoms with Gasteiger partial charge in [-0.2, -0.15) is 0 Å². The molecule has 0 aliphatic carbocycles. The lowest BCUT2D eigenvalue weighted by atomic mass is 9.97. The first-order chi connectivity index (χ1) is 13.9. The average molecular weight is 403 g/mol. The van der Waals surface area contributed by atoms with Gasteiger partial charge in [-0.1, -0.05) is 12.1 Å². The molecule has 2 aromatic heterocycles. The molecule has 5 atom stereocenters. The van der Waals surface area contributed by atoms with E-state index < -0.39 is 43.2 Å². The molecule has 1 amide bonds. The number of hydrogen-bond acceptors (Lipinski definition) is 8. The van der Waals surface area contributed by atoms with E-state index in [-0.39, 0.29) is 6.61 Å². The first-order valence-corrected chi connectivity index (χ1v) is 9.28. The van der Waals surface area contributed by atoms with Gasteiger partial charge in [0.05, 0.1) is 24.6 Å². The Kier molecular flexibility index (Phi) is 6.88. The second-order valence-electron chi connectivity index (χ2n) is 7.02. The van der Waals surface area contributed by atoms with Crippen molar-refractivity contribution in [2.24, 2.45) is 0 Å². The van der Waals surface area contributed by atoms with E-state index in [0.29, 0.717) is 0 Å². The van der Waals surface area contributed by atoms with Crippen molar-refractivity contribution in [3.05, 3.63) is 47.8 Å². The monoisotopic (exact) mass is 403 g/mol. The Labute approximate surface area is 168 Å². The minimum Gasteiger partial charge on any atom is -0.394 e. The molecule has 1 saturated heterocycles. The summed E-state index contributed by atoms with van der Waals surface area (Å²) in [6.07, 6.45) is -1.35. The molecule has 1 aliphatic heterocycles. The summed E-state index contributed by atoms with van der Waals surface area (Å²) in [6, 6.07) is 6.52. The number of aromatic nitrogens is 2. The highest BCUT2D eigenvalue weighted by atomic mass is 16.7. The van der Waals surface area contributed by atoms with Crippen LogP contribution in [0.5, 0.6) is 0 Å².